The number of hydrogen-bond acceptors (Lipinski definition) is 11. The number of nitrogen functional groups attached to an aromatic ring is 1. The molecular formula is C21H17F4N5O8S2. The Morgan fingerprint density at radius 2 is 1.95 bits per heavy atom. The van der Waals surface area contributed by atoms with E-state index < -0.39 is 52.9 Å². The minimum atomic E-state index is -5.08. The zero-order chi connectivity index (χ0) is 29.8. The topological polar surface area (TPSA) is 205 Å². The molecule has 0 bridgehead atoms. The van der Waals surface area contributed by atoms with Crippen molar-refractivity contribution in [3.05, 3.63) is 52.4 Å². The molecule has 1 unspecified atom stereocenters. The van der Waals surface area contributed by atoms with Gasteiger partial charge in [-0.1, -0.05) is 11.2 Å². The molecule has 1 saturated heterocycles. The number of nitrogens with zero attached hydrogens (tertiary/aromatic N) is 3. The minimum Gasteiger partial charge on any atom is -0.489 e. The molecule has 214 valence electrons. The summed E-state index contributed by atoms with van der Waals surface area (Å²) in [5, 5.41) is 32.3. The molecule has 4 rings (SSSR count). The largest absolute Gasteiger partial charge is 0.490 e. The minimum absolute atomic E-state index is 0.0420. The third-order valence-electron chi connectivity index (χ3n) is 5.07. The third-order valence-corrected chi connectivity index (χ3v) is 7.08. The summed E-state index contributed by atoms with van der Waals surface area (Å²) < 4.78 is 50.6. The second kappa shape index (κ2) is 12.2. The molecule has 19 heteroatoms. The summed E-state index contributed by atoms with van der Waals surface area (Å²) in [6.07, 6.45) is -5.08. The van der Waals surface area contributed by atoms with Crippen LogP contribution >= 0.6 is 23.1 Å². The molecule has 0 saturated carbocycles. The fourth-order valence-electron chi connectivity index (χ4n) is 3.34. The molecule has 3 heterocycles. The van der Waals surface area contributed by atoms with Gasteiger partial charge in [-0.3, -0.25) is 14.5 Å². The standard InChI is InChI=1S/C19H16FN5O6S2.C2HF3O2/c20-9-2-1-3-10(4-9)31-5-8-6-32-17-13(16(27)25(17)14(8)18(28)29)23-15(26)12(24-30)11-7-33-19(21)22-11;3-2(4,5)1(6)7/h1-4,7,13,17,30H,5-6H2,(H2,21,22)(H,23,26)(H,28,29);(H,6,7)/b24-12-;/t13?,17-;/m1./s1. The molecule has 1 aromatic carbocycles. The van der Waals surface area contributed by atoms with E-state index in [0.29, 0.717) is 5.57 Å². The number of oxime groups is 1. The highest BCUT2D eigenvalue weighted by Gasteiger charge is 2.54. The van der Waals surface area contributed by atoms with E-state index >= 15 is 0 Å². The number of nitrogens with one attached hydrogen (secondary N) is 1. The van der Waals surface area contributed by atoms with Crippen LogP contribution in [0.2, 0.25) is 0 Å². The number of hydrogen-bond donors (Lipinski definition) is 5. The van der Waals surface area contributed by atoms with Crippen LogP contribution in [-0.4, -0.2) is 84.7 Å². The average molecular weight is 608 g/mol. The van der Waals surface area contributed by atoms with Gasteiger partial charge in [0.2, 0.25) is 0 Å². The summed E-state index contributed by atoms with van der Waals surface area (Å²) in [6.45, 7) is -0.155. The second-order valence-corrected chi connectivity index (χ2v) is 9.68. The van der Waals surface area contributed by atoms with Crippen LogP contribution < -0.4 is 15.8 Å². The van der Waals surface area contributed by atoms with Crippen LogP contribution in [0.15, 0.2) is 46.1 Å². The number of aliphatic carboxylic acids is 2. The Hall–Kier alpha value is -4.39. The van der Waals surface area contributed by atoms with Crippen LogP contribution in [0.25, 0.3) is 0 Å². The zero-order valence-corrected chi connectivity index (χ0v) is 21.2. The first-order valence-electron chi connectivity index (χ1n) is 10.6. The number of carbonyl (C=O) groups is 4. The number of anilines is 1. The molecule has 0 spiro atoms. The maximum atomic E-state index is 13.3. The van der Waals surface area contributed by atoms with Gasteiger partial charge in [0.05, 0.1) is 0 Å². The van der Waals surface area contributed by atoms with Crippen LogP contribution in [0.5, 0.6) is 5.75 Å². The first-order valence-corrected chi connectivity index (χ1v) is 12.5. The lowest BCUT2D eigenvalue weighted by Crippen LogP contribution is -2.71. The number of thiazole rings is 1. The average Bonchev–Trinajstić information content (AvgIpc) is 3.31. The first-order chi connectivity index (χ1) is 18.7. The number of rotatable bonds is 7. The number of benzene rings is 1. The lowest BCUT2D eigenvalue weighted by atomic mass is 10.0. The van der Waals surface area contributed by atoms with Gasteiger partial charge in [-0.2, -0.15) is 13.2 Å². The van der Waals surface area contributed by atoms with Crippen molar-refractivity contribution in [1.82, 2.24) is 15.2 Å². The highest BCUT2D eigenvalue weighted by molar-refractivity contribution is 8.00. The monoisotopic (exact) mass is 607 g/mol. The Labute approximate surface area is 228 Å². The Morgan fingerprint density at radius 1 is 1.27 bits per heavy atom. The Morgan fingerprint density at radius 3 is 2.48 bits per heavy atom. The maximum absolute atomic E-state index is 13.3. The molecule has 0 radical (unpaired) electrons. The third kappa shape index (κ3) is 6.78. The Kier molecular flexibility index (Phi) is 9.20. The summed E-state index contributed by atoms with van der Waals surface area (Å²) >= 11 is 2.27. The summed E-state index contributed by atoms with van der Waals surface area (Å²) in [6, 6.07) is 4.36. The lowest BCUT2D eigenvalue weighted by Gasteiger charge is -2.49. The normalized spacial score (nSPS) is 18.6. The number of carboxylic acids is 2. The van der Waals surface area contributed by atoms with Gasteiger partial charge < -0.3 is 31.2 Å². The molecule has 2 aliphatic rings. The predicted octanol–water partition coefficient (Wildman–Crippen LogP) is 1.49. The molecule has 1 aromatic heterocycles. The van der Waals surface area contributed by atoms with Gasteiger partial charge >= 0.3 is 18.1 Å². The molecule has 2 aliphatic heterocycles. The van der Waals surface area contributed by atoms with Crippen molar-refractivity contribution in [3.63, 3.8) is 0 Å². The number of aromatic nitrogens is 1. The van der Waals surface area contributed by atoms with E-state index in [9.17, 15) is 42.3 Å². The van der Waals surface area contributed by atoms with E-state index in [-0.39, 0.29) is 34.6 Å². The Bertz CT molecular complexity index is 1400. The van der Waals surface area contributed by atoms with Crippen LogP contribution in [0.1, 0.15) is 5.69 Å². The molecule has 0 aliphatic carbocycles. The molecule has 1 fully saturated rings. The van der Waals surface area contributed by atoms with Gasteiger partial charge in [0.1, 0.15) is 41.0 Å². The van der Waals surface area contributed by atoms with Crippen molar-refractivity contribution in [2.24, 2.45) is 5.16 Å². The van der Waals surface area contributed by atoms with Gasteiger partial charge in [0.15, 0.2) is 10.8 Å². The van der Waals surface area contributed by atoms with Crippen molar-refractivity contribution >= 4 is 57.7 Å². The highest BCUT2D eigenvalue weighted by Crippen LogP contribution is 2.40. The van der Waals surface area contributed by atoms with E-state index in [1.165, 1.54) is 35.3 Å². The summed E-state index contributed by atoms with van der Waals surface area (Å²) in [5.74, 6) is -5.65. The summed E-state index contributed by atoms with van der Waals surface area (Å²) in [7, 11) is 0. The quantitative estimate of drug-likeness (QED) is 0.100. The van der Waals surface area contributed by atoms with Gasteiger partial charge in [-0.15, -0.1) is 23.1 Å². The summed E-state index contributed by atoms with van der Waals surface area (Å²) in [5.41, 5.74) is 5.24. The van der Waals surface area contributed by atoms with Crippen molar-refractivity contribution < 1.29 is 56.9 Å². The van der Waals surface area contributed by atoms with E-state index in [1.807, 2.05) is 0 Å². The lowest BCUT2D eigenvalue weighted by molar-refractivity contribution is -0.192. The number of halogens is 4. The van der Waals surface area contributed by atoms with Crippen LogP contribution in [0.3, 0.4) is 0 Å². The number of nitrogens with two attached hydrogens (primary N) is 1. The number of amides is 2. The van der Waals surface area contributed by atoms with Crippen LogP contribution in [0.4, 0.5) is 22.7 Å². The number of carboxylic acid groups (broad SMARTS) is 2. The number of β-lactam (4-membered cyclic amide) rings is 1. The summed E-state index contributed by atoms with van der Waals surface area (Å²) in [4.78, 5) is 51.0. The fourth-order valence-corrected chi connectivity index (χ4v) is 5.22. The Balaban J connectivity index is 0.000000559. The van der Waals surface area contributed by atoms with Gasteiger partial charge in [0, 0.05) is 22.8 Å². The second-order valence-electron chi connectivity index (χ2n) is 7.69. The highest BCUT2D eigenvalue weighted by atomic mass is 32.2. The van der Waals surface area contributed by atoms with E-state index in [2.05, 4.69) is 15.5 Å². The molecule has 6 N–H and O–H groups in total. The van der Waals surface area contributed by atoms with E-state index in [4.69, 9.17) is 20.4 Å². The maximum Gasteiger partial charge on any atom is 0.490 e. The van der Waals surface area contributed by atoms with Gasteiger partial charge in [-0.05, 0) is 12.1 Å². The first kappa shape index (κ1) is 30.2. The van der Waals surface area contributed by atoms with Crippen molar-refractivity contribution in [1.29, 1.82) is 0 Å². The van der Waals surface area contributed by atoms with Crippen molar-refractivity contribution in [3.8, 4) is 5.75 Å². The van der Waals surface area contributed by atoms with Crippen molar-refractivity contribution in [2.75, 3.05) is 18.1 Å². The van der Waals surface area contributed by atoms with Gasteiger partial charge in [-0.25, -0.2) is 19.0 Å². The predicted molar refractivity (Wildman–Crippen MR) is 130 cm³/mol. The number of thioether (sulfide) groups is 1. The van der Waals surface area contributed by atoms with E-state index in [0.717, 1.165) is 22.3 Å². The number of fused-ring (bicyclic) bond motifs is 1. The van der Waals surface area contributed by atoms with Gasteiger partial charge in [0.25, 0.3) is 11.8 Å². The van der Waals surface area contributed by atoms with Crippen molar-refractivity contribution in [2.45, 2.75) is 17.6 Å². The number of carbonyl (C=O) groups excluding carboxylic acids is 2. The molecule has 2 atom stereocenters. The molecule has 2 amide bonds. The smallest absolute Gasteiger partial charge is 0.489 e. The van der Waals surface area contributed by atoms with Crippen LogP contribution in [0, 0.1) is 5.82 Å². The SMILES string of the molecule is Nc1nc(/C(=N/O)C(=O)NC2C(=O)N3C(C(=O)O)=C(COc4cccc(F)c4)CS[C@H]23)cs1.O=C(O)C(F)(F)F. The van der Waals surface area contributed by atoms with Crippen LogP contribution in [-0.2, 0) is 19.2 Å². The fraction of sp³-hybridized carbons (Fsp3) is 0.238. The molecule has 40 heavy (non-hydrogen) atoms. The zero-order valence-electron chi connectivity index (χ0n) is 19.6. The molecular weight excluding hydrogens is 590 g/mol. The number of alkyl halides is 3. The number of ether oxygens (including phenoxy) is 1. The van der Waals surface area contributed by atoms with E-state index in [1.54, 1.807) is 0 Å². The molecule has 2 aromatic rings. The molecule has 13 nitrogen and oxygen atoms in total.